The van der Waals surface area contributed by atoms with Gasteiger partial charge in [-0.3, -0.25) is 19.7 Å². The van der Waals surface area contributed by atoms with Crippen LogP contribution < -0.4 is 4.74 Å². The fraction of sp³-hybridized carbons (Fsp3) is 0.286. The van der Waals surface area contributed by atoms with Crippen molar-refractivity contribution in [1.82, 2.24) is 19.8 Å². The van der Waals surface area contributed by atoms with Gasteiger partial charge in [0.15, 0.2) is 0 Å². The quantitative estimate of drug-likeness (QED) is 0.714. The maximum absolute atomic E-state index is 13.1. The fourth-order valence-corrected chi connectivity index (χ4v) is 3.47. The molecule has 0 radical (unpaired) electrons. The minimum absolute atomic E-state index is 0.0525. The Kier molecular flexibility index (Phi) is 4.98. The van der Waals surface area contributed by atoms with E-state index in [1.54, 1.807) is 25.6 Å². The van der Waals surface area contributed by atoms with Crippen LogP contribution in [0.1, 0.15) is 15.9 Å². The van der Waals surface area contributed by atoms with Crippen LogP contribution in [0.15, 0.2) is 55.0 Å². The molecular weight excluding hydrogens is 340 g/mol. The average Bonchev–Trinajstić information content (AvgIpc) is 2.73. The zero-order chi connectivity index (χ0) is 18.6. The molecule has 3 aromatic rings. The van der Waals surface area contributed by atoms with Crippen molar-refractivity contribution in [3.63, 3.8) is 0 Å². The summed E-state index contributed by atoms with van der Waals surface area (Å²) in [7, 11) is 1.63. The highest BCUT2D eigenvalue weighted by atomic mass is 16.5. The van der Waals surface area contributed by atoms with Crippen LogP contribution in [0.2, 0.25) is 0 Å². The lowest BCUT2D eigenvalue weighted by atomic mass is 10.1. The molecule has 0 bridgehead atoms. The van der Waals surface area contributed by atoms with Crippen molar-refractivity contribution in [3.8, 4) is 5.75 Å². The molecule has 138 valence electrons. The summed E-state index contributed by atoms with van der Waals surface area (Å²) in [4.78, 5) is 25.9. The number of rotatable bonds is 4. The van der Waals surface area contributed by atoms with Gasteiger partial charge in [-0.15, -0.1) is 0 Å². The number of aromatic nitrogens is 2. The zero-order valence-corrected chi connectivity index (χ0v) is 15.3. The van der Waals surface area contributed by atoms with Crippen molar-refractivity contribution in [2.75, 3.05) is 33.3 Å². The van der Waals surface area contributed by atoms with Gasteiger partial charge < -0.3 is 9.64 Å². The normalized spacial score (nSPS) is 15.1. The third kappa shape index (κ3) is 3.75. The molecule has 2 aromatic heterocycles. The van der Waals surface area contributed by atoms with Crippen LogP contribution >= 0.6 is 0 Å². The van der Waals surface area contributed by atoms with Crippen LogP contribution in [0.4, 0.5) is 0 Å². The maximum atomic E-state index is 13.1. The monoisotopic (exact) mass is 362 g/mol. The lowest BCUT2D eigenvalue weighted by Crippen LogP contribution is -2.48. The molecule has 0 aliphatic carbocycles. The minimum atomic E-state index is 0.0525. The highest BCUT2D eigenvalue weighted by molar-refractivity contribution is 6.06. The van der Waals surface area contributed by atoms with E-state index in [-0.39, 0.29) is 5.91 Å². The van der Waals surface area contributed by atoms with Crippen LogP contribution in [0.5, 0.6) is 5.75 Å². The van der Waals surface area contributed by atoms with E-state index in [1.165, 1.54) is 5.56 Å². The topological polar surface area (TPSA) is 58.6 Å². The lowest BCUT2D eigenvalue weighted by Gasteiger charge is -2.34. The third-order valence-electron chi connectivity index (χ3n) is 4.97. The van der Waals surface area contributed by atoms with E-state index in [2.05, 4.69) is 20.9 Å². The number of hydrogen-bond acceptors (Lipinski definition) is 5. The molecule has 6 nitrogen and oxygen atoms in total. The number of carbonyl (C=O) groups excluding carboxylic acids is 1. The van der Waals surface area contributed by atoms with Gasteiger partial charge in [-0.05, 0) is 35.9 Å². The van der Waals surface area contributed by atoms with Gasteiger partial charge in [0.2, 0.25) is 0 Å². The molecule has 0 unspecified atom stereocenters. The average molecular weight is 362 g/mol. The van der Waals surface area contributed by atoms with Crippen molar-refractivity contribution in [2.45, 2.75) is 6.54 Å². The SMILES string of the molecule is COc1ccc2nccc(C(=O)N3CCN(Cc4cccnc4)CC3)c2c1. The van der Waals surface area contributed by atoms with E-state index in [4.69, 9.17) is 4.74 Å². The molecule has 1 aromatic carbocycles. The van der Waals surface area contributed by atoms with Crippen LogP contribution in [0.3, 0.4) is 0 Å². The Balaban J connectivity index is 1.47. The van der Waals surface area contributed by atoms with E-state index < -0.39 is 0 Å². The second kappa shape index (κ2) is 7.72. The molecule has 0 spiro atoms. The zero-order valence-electron chi connectivity index (χ0n) is 15.3. The first-order chi connectivity index (χ1) is 13.2. The van der Waals surface area contributed by atoms with Gasteiger partial charge in [-0.2, -0.15) is 0 Å². The van der Waals surface area contributed by atoms with E-state index in [1.807, 2.05) is 35.4 Å². The van der Waals surface area contributed by atoms with Gasteiger partial charge in [0.05, 0.1) is 18.2 Å². The summed E-state index contributed by atoms with van der Waals surface area (Å²) < 4.78 is 5.31. The lowest BCUT2D eigenvalue weighted by molar-refractivity contribution is 0.0630. The third-order valence-corrected chi connectivity index (χ3v) is 4.97. The largest absolute Gasteiger partial charge is 0.497 e. The number of amides is 1. The molecule has 1 fully saturated rings. The first-order valence-electron chi connectivity index (χ1n) is 9.08. The number of hydrogen-bond donors (Lipinski definition) is 0. The summed E-state index contributed by atoms with van der Waals surface area (Å²) in [5, 5.41) is 0.833. The van der Waals surface area contributed by atoms with Gasteiger partial charge >= 0.3 is 0 Å². The number of ether oxygens (including phenoxy) is 1. The molecule has 4 rings (SSSR count). The number of carbonyl (C=O) groups is 1. The molecule has 1 amide bonds. The van der Waals surface area contributed by atoms with Gasteiger partial charge in [-0.1, -0.05) is 6.07 Å². The molecule has 1 aliphatic rings. The van der Waals surface area contributed by atoms with Crippen molar-refractivity contribution in [2.24, 2.45) is 0 Å². The highest BCUT2D eigenvalue weighted by Gasteiger charge is 2.23. The van der Waals surface area contributed by atoms with Crippen molar-refractivity contribution < 1.29 is 9.53 Å². The van der Waals surface area contributed by atoms with Gasteiger partial charge in [0.1, 0.15) is 5.75 Å². The number of methoxy groups -OCH3 is 1. The molecule has 0 N–H and O–H groups in total. The van der Waals surface area contributed by atoms with E-state index in [0.29, 0.717) is 18.7 Å². The molecule has 1 saturated heterocycles. The van der Waals surface area contributed by atoms with Crippen LogP contribution in [-0.2, 0) is 6.54 Å². The Labute approximate surface area is 158 Å². The Bertz CT molecular complexity index is 937. The molecule has 6 heteroatoms. The van der Waals surface area contributed by atoms with E-state index in [9.17, 15) is 4.79 Å². The Morgan fingerprint density at radius 1 is 1.11 bits per heavy atom. The Morgan fingerprint density at radius 2 is 1.96 bits per heavy atom. The number of benzene rings is 1. The molecule has 0 atom stereocenters. The van der Waals surface area contributed by atoms with Gasteiger partial charge in [-0.25, -0.2) is 0 Å². The Hall–Kier alpha value is -2.99. The fourth-order valence-electron chi connectivity index (χ4n) is 3.47. The summed E-state index contributed by atoms with van der Waals surface area (Å²) in [6.07, 6.45) is 5.38. The summed E-state index contributed by atoms with van der Waals surface area (Å²) in [6, 6.07) is 11.5. The molecule has 3 heterocycles. The number of fused-ring (bicyclic) bond motifs is 1. The molecule has 1 aliphatic heterocycles. The number of pyridine rings is 2. The number of piperazine rings is 1. The molecule has 27 heavy (non-hydrogen) atoms. The van der Waals surface area contributed by atoms with Gasteiger partial charge in [0, 0.05) is 56.7 Å². The Morgan fingerprint density at radius 3 is 2.70 bits per heavy atom. The molecular formula is C21H22N4O2. The maximum Gasteiger partial charge on any atom is 0.254 e. The minimum Gasteiger partial charge on any atom is -0.497 e. The summed E-state index contributed by atoms with van der Waals surface area (Å²) in [6.45, 7) is 4.00. The summed E-state index contributed by atoms with van der Waals surface area (Å²) >= 11 is 0. The van der Waals surface area contributed by atoms with Gasteiger partial charge in [0.25, 0.3) is 5.91 Å². The summed E-state index contributed by atoms with van der Waals surface area (Å²) in [5.41, 5.74) is 2.68. The van der Waals surface area contributed by atoms with E-state index >= 15 is 0 Å². The number of nitrogens with zero attached hydrogens (tertiary/aromatic N) is 4. The first-order valence-corrected chi connectivity index (χ1v) is 9.08. The van der Waals surface area contributed by atoms with Crippen LogP contribution in [0, 0.1) is 0 Å². The van der Waals surface area contributed by atoms with Crippen molar-refractivity contribution in [1.29, 1.82) is 0 Å². The van der Waals surface area contributed by atoms with Crippen molar-refractivity contribution in [3.05, 3.63) is 66.1 Å². The van der Waals surface area contributed by atoms with Crippen LogP contribution in [0.25, 0.3) is 10.9 Å². The van der Waals surface area contributed by atoms with Crippen molar-refractivity contribution >= 4 is 16.8 Å². The van der Waals surface area contributed by atoms with Crippen LogP contribution in [-0.4, -0.2) is 59.0 Å². The second-order valence-electron chi connectivity index (χ2n) is 6.67. The first kappa shape index (κ1) is 17.4. The predicted octanol–water partition coefficient (Wildman–Crippen LogP) is 2.60. The highest BCUT2D eigenvalue weighted by Crippen LogP contribution is 2.24. The molecule has 0 saturated carbocycles. The smallest absolute Gasteiger partial charge is 0.254 e. The second-order valence-corrected chi connectivity index (χ2v) is 6.67. The van der Waals surface area contributed by atoms with E-state index in [0.717, 1.165) is 36.3 Å². The summed E-state index contributed by atoms with van der Waals surface area (Å²) in [5.74, 6) is 0.780. The predicted molar refractivity (Wildman–Crippen MR) is 104 cm³/mol. The standard InChI is InChI=1S/C21H22N4O2/c1-27-17-4-5-20-19(13-17)18(6-8-23-20)21(26)25-11-9-24(10-12-25)15-16-3-2-7-22-14-16/h2-8,13-14H,9-12,15H2,1H3.